The highest BCUT2D eigenvalue weighted by Gasteiger charge is 2.38. The third kappa shape index (κ3) is 3.97. The van der Waals surface area contributed by atoms with E-state index in [2.05, 4.69) is 41.6 Å². The summed E-state index contributed by atoms with van der Waals surface area (Å²) in [5.74, 6) is 0.171. The van der Waals surface area contributed by atoms with Crippen molar-refractivity contribution in [1.29, 1.82) is 0 Å². The second kappa shape index (κ2) is 7.46. The van der Waals surface area contributed by atoms with Crippen LogP contribution in [0.1, 0.15) is 32.6 Å². The van der Waals surface area contributed by atoms with Gasteiger partial charge in [0.15, 0.2) is 0 Å². The lowest BCUT2D eigenvalue weighted by Crippen LogP contribution is -2.53. The van der Waals surface area contributed by atoms with Gasteiger partial charge < -0.3 is 15.5 Å². The monoisotopic (exact) mass is 289 g/mol. The molecule has 0 radical (unpaired) electrons. The van der Waals surface area contributed by atoms with Crippen LogP contribution >= 0.6 is 0 Å². The topological polar surface area (TPSA) is 44.4 Å². The largest absolute Gasteiger partial charge is 0.375 e. The average Bonchev–Trinajstić information content (AvgIpc) is 3.02. The van der Waals surface area contributed by atoms with Gasteiger partial charge in [0, 0.05) is 25.8 Å². The molecule has 1 aliphatic rings. The summed E-state index contributed by atoms with van der Waals surface area (Å²) in [7, 11) is 2.09. The number of benzene rings is 1. The van der Waals surface area contributed by atoms with E-state index in [0.717, 1.165) is 45.3 Å². The van der Waals surface area contributed by atoms with Crippen LogP contribution in [0.15, 0.2) is 30.3 Å². The second-order valence-electron chi connectivity index (χ2n) is 5.83. The normalized spacial score (nSPS) is 21.2. The first-order valence-electron chi connectivity index (χ1n) is 7.97. The summed E-state index contributed by atoms with van der Waals surface area (Å²) in [6, 6.07) is 10.3. The van der Waals surface area contributed by atoms with Gasteiger partial charge in [-0.25, -0.2) is 0 Å². The van der Waals surface area contributed by atoms with Crippen molar-refractivity contribution in [3.8, 4) is 0 Å². The van der Waals surface area contributed by atoms with E-state index in [1.807, 2.05) is 18.2 Å². The molecule has 4 nitrogen and oxygen atoms in total. The molecule has 4 heteroatoms. The molecule has 0 aliphatic carbocycles. The Labute approximate surface area is 127 Å². The van der Waals surface area contributed by atoms with E-state index in [-0.39, 0.29) is 11.4 Å². The lowest BCUT2D eigenvalue weighted by atomic mass is 9.93. The lowest BCUT2D eigenvalue weighted by molar-refractivity contribution is -0.127. The SMILES string of the molecule is CCC1(C(=O)NCCCN(C)c2ccccc2)CCCN1. The first-order valence-corrected chi connectivity index (χ1v) is 7.97. The van der Waals surface area contributed by atoms with Gasteiger partial charge in [0.1, 0.15) is 0 Å². The summed E-state index contributed by atoms with van der Waals surface area (Å²) in [4.78, 5) is 14.5. The molecule has 1 fully saturated rings. The van der Waals surface area contributed by atoms with Crippen molar-refractivity contribution in [3.05, 3.63) is 30.3 Å². The summed E-state index contributed by atoms with van der Waals surface area (Å²) in [5.41, 5.74) is 0.900. The fourth-order valence-electron chi connectivity index (χ4n) is 2.96. The molecular weight excluding hydrogens is 262 g/mol. The quantitative estimate of drug-likeness (QED) is 0.756. The Morgan fingerprint density at radius 3 is 2.76 bits per heavy atom. The Morgan fingerprint density at radius 2 is 2.14 bits per heavy atom. The maximum Gasteiger partial charge on any atom is 0.240 e. The summed E-state index contributed by atoms with van der Waals surface area (Å²) < 4.78 is 0. The molecule has 2 rings (SSSR count). The summed E-state index contributed by atoms with van der Waals surface area (Å²) in [6.45, 7) is 4.72. The molecule has 1 aliphatic heterocycles. The molecule has 1 aromatic carbocycles. The van der Waals surface area contributed by atoms with Gasteiger partial charge in [-0.3, -0.25) is 4.79 Å². The van der Waals surface area contributed by atoms with Gasteiger partial charge in [0.25, 0.3) is 0 Å². The van der Waals surface area contributed by atoms with Crippen LogP contribution in [0, 0.1) is 0 Å². The molecule has 21 heavy (non-hydrogen) atoms. The van der Waals surface area contributed by atoms with E-state index < -0.39 is 0 Å². The van der Waals surface area contributed by atoms with Crippen LogP contribution in [-0.4, -0.2) is 38.1 Å². The van der Waals surface area contributed by atoms with Crippen molar-refractivity contribution in [1.82, 2.24) is 10.6 Å². The molecule has 0 saturated carbocycles. The zero-order valence-corrected chi connectivity index (χ0v) is 13.2. The Bertz CT molecular complexity index is 441. The molecule has 1 atom stereocenters. The summed E-state index contributed by atoms with van der Waals surface area (Å²) in [5, 5.41) is 6.47. The van der Waals surface area contributed by atoms with E-state index >= 15 is 0 Å². The number of nitrogens with one attached hydrogen (secondary N) is 2. The molecule has 1 unspecified atom stereocenters. The number of nitrogens with zero attached hydrogens (tertiary/aromatic N) is 1. The first kappa shape index (κ1) is 15.8. The average molecular weight is 289 g/mol. The van der Waals surface area contributed by atoms with Crippen LogP contribution in [0.3, 0.4) is 0 Å². The number of carbonyl (C=O) groups excluding carboxylic acids is 1. The van der Waals surface area contributed by atoms with Crippen LogP contribution < -0.4 is 15.5 Å². The van der Waals surface area contributed by atoms with Gasteiger partial charge in [0.05, 0.1) is 5.54 Å². The smallest absolute Gasteiger partial charge is 0.240 e. The number of hydrogen-bond donors (Lipinski definition) is 2. The highest BCUT2D eigenvalue weighted by atomic mass is 16.2. The van der Waals surface area contributed by atoms with Gasteiger partial charge in [-0.15, -0.1) is 0 Å². The third-order valence-electron chi connectivity index (χ3n) is 4.43. The van der Waals surface area contributed by atoms with Crippen molar-refractivity contribution >= 4 is 11.6 Å². The number of amides is 1. The molecule has 2 N–H and O–H groups in total. The number of hydrogen-bond acceptors (Lipinski definition) is 3. The predicted octanol–water partition coefficient (Wildman–Crippen LogP) is 2.16. The Balaban J connectivity index is 1.71. The lowest BCUT2D eigenvalue weighted by Gasteiger charge is -2.27. The maximum atomic E-state index is 12.3. The van der Waals surface area contributed by atoms with Crippen molar-refractivity contribution in [2.24, 2.45) is 0 Å². The van der Waals surface area contributed by atoms with E-state index in [1.54, 1.807) is 0 Å². The number of para-hydroxylation sites is 1. The van der Waals surface area contributed by atoms with E-state index in [0.29, 0.717) is 0 Å². The maximum absolute atomic E-state index is 12.3. The van der Waals surface area contributed by atoms with Crippen molar-refractivity contribution in [2.45, 2.75) is 38.1 Å². The number of rotatable bonds is 7. The van der Waals surface area contributed by atoms with Crippen LogP contribution in [-0.2, 0) is 4.79 Å². The molecule has 0 bridgehead atoms. The Kier molecular flexibility index (Phi) is 5.62. The molecule has 0 aromatic heterocycles. The second-order valence-corrected chi connectivity index (χ2v) is 5.83. The Morgan fingerprint density at radius 1 is 1.38 bits per heavy atom. The van der Waals surface area contributed by atoms with Gasteiger partial charge in [-0.2, -0.15) is 0 Å². The minimum absolute atomic E-state index is 0.171. The van der Waals surface area contributed by atoms with Crippen LogP contribution in [0.5, 0.6) is 0 Å². The first-order chi connectivity index (χ1) is 10.2. The Hall–Kier alpha value is -1.55. The molecular formula is C17H27N3O. The predicted molar refractivity (Wildman–Crippen MR) is 87.6 cm³/mol. The number of carbonyl (C=O) groups is 1. The van der Waals surface area contributed by atoms with E-state index in [4.69, 9.17) is 0 Å². The van der Waals surface area contributed by atoms with Crippen LogP contribution in [0.4, 0.5) is 5.69 Å². The van der Waals surface area contributed by atoms with Crippen LogP contribution in [0.2, 0.25) is 0 Å². The molecule has 1 saturated heterocycles. The van der Waals surface area contributed by atoms with Gasteiger partial charge in [-0.1, -0.05) is 25.1 Å². The molecule has 1 heterocycles. The van der Waals surface area contributed by atoms with Crippen molar-refractivity contribution in [2.75, 3.05) is 31.6 Å². The minimum Gasteiger partial charge on any atom is -0.375 e. The molecule has 0 spiro atoms. The van der Waals surface area contributed by atoms with Gasteiger partial charge in [-0.05, 0) is 44.4 Å². The molecule has 116 valence electrons. The fourth-order valence-corrected chi connectivity index (χ4v) is 2.96. The zero-order valence-electron chi connectivity index (χ0n) is 13.2. The fraction of sp³-hybridized carbons (Fsp3) is 0.588. The standard InChI is InChI=1S/C17H27N3O/c1-3-17(11-7-13-19-17)16(21)18-12-8-14-20(2)15-9-5-4-6-10-15/h4-6,9-10,19H,3,7-8,11-14H2,1-2H3,(H,18,21). The van der Waals surface area contributed by atoms with Gasteiger partial charge >= 0.3 is 0 Å². The summed E-state index contributed by atoms with van der Waals surface area (Å²) >= 11 is 0. The third-order valence-corrected chi connectivity index (χ3v) is 4.43. The molecule has 1 amide bonds. The molecule has 1 aromatic rings. The highest BCUT2D eigenvalue weighted by Crippen LogP contribution is 2.22. The van der Waals surface area contributed by atoms with E-state index in [1.165, 1.54) is 5.69 Å². The highest BCUT2D eigenvalue weighted by molar-refractivity contribution is 5.86. The number of anilines is 1. The van der Waals surface area contributed by atoms with Crippen molar-refractivity contribution in [3.63, 3.8) is 0 Å². The minimum atomic E-state index is -0.314. The van der Waals surface area contributed by atoms with Crippen LogP contribution in [0.25, 0.3) is 0 Å². The van der Waals surface area contributed by atoms with Gasteiger partial charge in [0.2, 0.25) is 5.91 Å². The summed E-state index contributed by atoms with van der Waals surface area (Å²) in [6.07, 6.45) is 3.87. The van der Waals surface area contributed by atoms with Crippen molar-refractivity contribution < 1.29 is 4.79 Å². The zero-order chi connectivity index (χ0) is 15.1. The van der Waals surface area contributed by atoms with E-state index in [9.17, 15) is 4.79 Å².